The van der Waals surface area contributed by atoms with E-state index in [-0.39, 0.29) is 23.6 Å². The molecule has 9 nitrogen and oxygen atoms in total. The number of halogens is 6. The van der Waals surface area contributed by atoms with Gasteiger partial charge in [-0.3, -0.25) is 19.7 Å². The minimum Gasteiger partial charge on any atom is -0.480 e. The van der Waals surface area contributed by atoms with Gasteiger partial charge in [0.1, 0.15) is 17.3 Å². The van der Waals surface area contributed by atoms with Gasteiger partial charge < -0.3 is 20.3 Å². The zero-order valence-electron chi connectivity index (χ0n) is 22.3. The number of amides is 1. The quantitative estimate of drug-likeness (QED) is 0.252. The lowest BCUT2D eigenvalue weighted by Gasteiger charge is -2.38. The highest BCUT2D eigenvalue weighted by Gasteiger charge is 2.66. The largest absolute Gasteiger partial charge is 0.490 e. The molecule has 1 unspecified atom stereocenters. The van der Waals surface area contributed by atoms with E-state index < -0.39 is 64.6 Å². The summed E-state index contributed by atoms with van der Waals surface area (Å²) in [6.45, 7) is 5.06. The van der Waals surface area contributed by atoms with E-state index in [0.717, 1.165) is 0 Å². The van der Waals surface area contributed by atoms with E-state index in [1.165, 1.54) is 25.1 Å². The molecule has 1 amide bonds. The van der Waals surface area contributed by atoms with Crippen molar-refractivity contribution in [2.45, 2.75) is 56.8 Å². The number of alkyl halides is 3. The van der Waals surface area contributed by atoms with E-state index in [9.17, 15) is 32.7 Å². The van der Waals surface area contributed by atoms with Gasteiger partial charge >= 0.3 is 24.1 Å². The summed E-state index contributed by atoms with van der Waals surface area (Å²) >= 11 is 12.2. The van der Waals surface area contributed by atoms with Gasteiger partial charge in [0.15, 0.2) is 0 Å². The van der Waals surface area contributed by atoms with Gasteiger partial charge in [0, 0.05) is 35.0 Å². The van der Waals surface area contributed by atoms with Gasteiger partial charge in [0.05, 0.1) is 11.6 Å². The van der Waals surface area contributed by atoms with Gasteiger partial charge in [-0.2, -0.15) is 13.2 Å². The third kappa shape index (κ3) is 6.47. The third-order valence-corrected chi connectivity index (χ3v) is 7.58. The number of carboxylic acids is 2. The van der Waals surface area contributed by atoms with Crippen molar-refractivity contribution in [2.75, 3.05) is 11.9 Å². The highest BCUT2D eigenvalue weighted by atomic mass is 35.5. The highest BCUT2D eigenvalue weighted by molar-refractivity contribution is 6.31. The summed E-state index contributed by atoms with van der Waals surface area (Å²) in [7, 11) is 0. The Morgan fingerprint density at radius 2 is 1.71 bits per heavy atom. The van der Waals surface area contributed by atoms with Crippen molar-refractivity contribution in [3.8, 4) is 0 Å². The van der Waals surface area contributed by atoms with Crippen LogP contribution in [0.15, 0.2) is 36.4 Å². The molecule has 0 aliphatic carbocycles. The average molecular weight is 637 g/mol. The third-order valence-electron chi connectivity index (χ3n) is 7.05. The Balaban J connectivity index is 0.000000616. The predicted molar refractivity (Wildman–Crippen MR) is 143 cm³/mol. The van der Waals surface area contributed by atoms with E-state index in [1.807, 2.05) is 13.8 Å². The maximum atomic E-state index is 15.4. The summed E-state index contributed by atoms with van der Waals surface area (Å²) in [6.07, 6.45) is -4.84. The van der Waals surface area contributed by atoms with E-state index in [2.05, 4.69) is 10.6 Å². The number of nitrogens with one attached hydrogen (secondary N) is 2. The van der Waals surface area contributed by atoms with Crippen LogP contribution in [0, 0.1) is 11.2 Å². The van der Waals surface area contributed by atoms with Crippen LogP contribution in [0.4, 0.5) is 23.2 Å². The smallest absolute Gasteiger partial charge is 0.480 e. The van der Waals surface area contributed by atoms with Crippen LogP contribution in [0.3, 0.4) is 0 Å². The van der Waals surface area contributed by atoms with Gasteiger partial charge in [0.25, 0.3) is 0 Å². The van der Waals surface area contributed by atoms with Crippen molar-refractivity contribution in [3.63, 3.8) is 0 Å². The van der Waals surface area contributed by atoms with Crippen LogP contribution in [0.5, 0.6) is 0 Å². The van der Waals surface area contributed by atoms with Crippen LogP contribution in [0.2, 0.25) is 10.0 Å². The molecule has 0 saturated carbocycles. The van der Waals surface area contributed by atoms with Crippen molar-refractivity contribution in [1.29, 1.82) is 0 Å². The molecule has 2 aliphatic heterocycles. The molecule has 2 heterocycles. The second-order valence-electron chi connectivity index (χ2n) is 10.6. The van der Waals surface area contributed by atoms with Crippen molar-refractivity contribution < 1.29 is 51.7 Å². The van der Waals surface area contributed by atoms with Gasteiger partial charge in [-0.25, -0.2) is 9.18 Å². The van der Waals surface area contributed by atoms with Crippen LogP contribution >= 0.6 is 23.2 Å². The fourth-order valence-electron chi connectivity index (χ4n) is 5.44. The molecule has 0 bridgehead atoms. The van der Waals surface area contributed by atoms with Crippen LogP contribution in [0.25, 0.3) is 0 Å². The number of benzene rings is 2. The molecule has 1 saturated heterocycles. The van der Waals surface area contributed by atoms with Crippen molar-refractivity contribution >= 4 is 52.7 Å². The second kappa shape index (κ2) is 12.1. The second-order valence-corrected chi connectivity index (χ2v) is 11.5. The standard InChI is InChI=1S/C25H25Cl2FN2O5.C2HF3O2/c1-12(31)35-11-24(2,3)10-18-25(15-8-7-13(26)9-17(15)29-23(25)34)19(21(30-18)22(32)33)14-5-4-6-16(27)20(14)28;3-2(4,5)1(6)7/h4-9,18-19,21,30H,10-11H2,1-3H3,(H,29,34)(H,32,33);(H,6,7)/t18-,19+,21+,25?;/m0./s1. The molecule has 42 heavy (non-hydrogen) atoms. The van der Waals surface area contributed by atoms with E-state index in [4.69, 9.17) is 37.8 Å². The monoisotopic (exact) mass is 636 g/mol. The number of hydrogen-bond acceptors (Lipinski definition) is 6. The first-order chi connectivity index (χ1) is 19.3. The van der Waals surface area contributed by atoms with Gasteiger partial charge in [-0.1, -0.05) is 55.2 Å². The van der Waals surface area contributed by atoms with Crippen molar-refractivity contribution in [2.24, 2.45) is 5.41 Å². The van der Waals surface area contributed by atoms with E-state index in [1.54, 1.807) is 18.2 Å². The maximum Gasteiger partial charge on any atom is 0.490 e. The lowest BCUT2D eigenvalue weighted by molar-refractivity contribution is -0.192. The first-order valence-corrected chi connectivity index (χ1v) is 13.1. The molecular weight excluding hydrogens is 611 g/mol. The van der Waals surface area contributed by atoms with Gasteiger partial charge in [-0.15, -0.1) is 0 Å². The Morgan fingerprint density at radius 3 is 2.26 bits per heavy atom. The molecule has 228 valence electrons. The molecule has 0 aromatic heterocycles. The lowest BCUT2D eigenvalue weighted by Crippen LogP contribution is -2.50. The molecule has 2 aromatic rings. The number of rotatable bonds is 6. The van der Waals surface area contributed by atoms with Crippen LogP contribution in [-0.2, 0) is 29.3 Å². The molecule has 2 aromatic carbocycles. The van der Waals surface area contributed by atoms with Crippen LogP contribution < -0.4 is 10.6 Å². The molecule has 4 rings (SSSR count). The average Bonchev–Trinajstić information content (AvgIpc) is 3.34. The van der Waals surface area contributed by atoms with E-state index in [0.29, 0.717) is 16.3 Å². The van der Waals surface area contributed by atoms with E-state index >= 15 is 4.39 Å². The number of carbonyl (C=O) groups excluding carboxylic acids is 2. The zero-order valence-corrected chi connectivity index (χ0v) is 23.8. The lowest BCUT2D eigenvalue weighted by atomic mass is 9.62. The molecule has 4 N–H and O–H groups in total. The molecular formula is C27H26Cl2F4N2O7. The molecule has 2 aliphatic rings. The molecule has 15 heteroatoms. The Labute approximate surface area is 247 Å². The number of ether oxygens (including phenoxy) is 1. The predicted octanol–water partition coefficient (Wildman–Crippen LogP) is 5.14. The number of anilines is 1. The molecule has 1 spiro atoms. The summed E-state index contributed by atoms with van der Waals surface area (Å²) < 4.78 is 52.4. The summed E-state index contributed by atoms with van der Waals surface area (Å²) in [5, 5.41) is 23.5. The Kier molecular flexibility index (Phi) is 9.50. The molecule has 4 atom stereocenters. The Morgan fingerprint density at radius 1 is 1.10 bits per heavy atom. The van der Waals surface area contributed by atoms with Crippen molar-refractivity contribution in [3.05, 3.63) is 63.4 Å². The number of fused-ring (bicyclic) bond motifs is 2. The molecule has 1 fully saturated rings. The summed E-state index contributed by atoms with van der Waals surface area (Å²) in [5.41, 5.74) is -1.17. The minimum atomic E-state index is -5.08. The topological polar surface area (TPSA) is 142 Å². The van der Waals surface area contributed by atoms with Crippen LogP contribution in [-0.4, -0.2) is 58.9 Å². The zero-order chi connectivity index (χ0) is 31.8. The number of esters is 1. The number of hydrogen-bond donors (Lipinski definition) is 4. The fraction of sp³-hybridized carbons (Fsp3) is 0.407. The fourth-order valence-corrected chi connectivity index (χ4v) is 5.79. The summed E-state index contributed by atoms with van der Waals surface area (Å²) in [6, 6.07) is 7.17. The normalized spacial score (nSPS) is 23.1. The SMILES string of the molecule is CC(=O)OCC(C)(C)C[C@@H]1N[C@@H](C(=O)O)[C@@H](c2cccc(Cl)c2F)C12C(=O)Nc1cc(Cl)ccc12.O=C(O)C(F)(F)F. The molecule has 0 radical (unpaired) electrons. The minimum absolute atomic E-state index is 0.0237. The van der Waals surface area contributed by atoms with Gasteiger partial charge in [0.2, 0.25) is 5.91 Å². The Hall–Kier alpha value is -3.42. The Bertz CT molecular complexity index is 1420. The first-order valence-electron chi connectivity index (χ1n) is 12.3. The number of aliphatic carboxylic acids is 2. The van der Waals surface area contributed by atoms with Gasteiger partial charge in [-0.05, 0) is 35.7 Å². The number of carboxylic acid groups (broad SMARTS) is 2. The van der Waals surface area contributed by atoms with Crippen molar-refractivity contribution in [1.82, 2.24) is 5.32 Å². The first kappa shape index (κ1) is 33.1. The number of carbonyl (C=O) groups is 4. The summed E-state index contributed by atoms with van der Waals surface area (Å²) in [5.74, 6) is -6.81. The maximum absolute atomic E-state index is 15.4. The summed E-state index contributed by atoms with van der Waals surface area (Å²) in [4.78, 5) is 46.7. The van der Waals surface area contributed by atoms with Crippen LogP contribution in [0.1, 0.15) is 44.2 Å². The highest BCUT2D eigenvalue weighted by Crippen LogP contribution is 2.57.